The maximum Gasteiger partial charge on any atom is 0.251 e. The van der Waals surface area contributed by atoms with Crippen LogP contribution in [-0.4, -0.2) is 25.7 Å². The molecule has 17 heavy (non-hydrogen) atoms. The molecule has 0 aromatic carbocycles. The Balaban J connectivity index is 2.42. The summed E-state index contributed by atoms with van der Waals surface area (Å²) in [5.41, 5.74) is 11.6. The molecule has 2 aromatic rings. The molecule has 7 heteroatoms. The highest BCUT2D eigenvalue weighted by Gasteiger charge is 2.07. The molecule has 4 N–H and O–H groups in total. The zero-order valence-corrected chi connectivity index (χ0v) is 9.52. The molecule has 0 aliphatic rings. The Labute approximate surface area is 102 Å². The van der Waals surface area contributed by atoms with E-state index < -0.39 is 5.91 Å². The predicted molar refractivity (Wildman–Crippen MR) is 65.8 cm³/mol. The summed E-state index contributed by atoms with van der Waals surface area (Å²) in [6.07, 6.45) is 4.43. The lowest BCUT2D eigenvalue weighted by molar-refractivity contribution is 0.100. The maximum absolute atomic E-state index is 10.9. The SMILES string of the molecule is NC(=O)c1cnn(-c2cc(C(N)=S)ccn2)c1. The van der Waals surface area contributed by atoms with E-state index in [2.05, 4.69) is 10.1 Å². The van der Waals surface area contributed by atoms with Crippen molar-refractivity contribution < 1.29 is 4.79 Å². The third-order valence-corrected chi connectivity index (χ3v) is 2.37. The summed E-state index contributed by atoms with van der Waals surface area (Å²) in [6.45, 7) is 0. The van der Waals surface area contributed by atoms with Crippen molar-refractivity contribution in [3.05, 3.63) is 41.9 Å². The van der Waals surface area contributed by atoms with Gasteiger partial charge >= 0.3 is 0 Å². The second-order valence-corrected chi connectivity index (χ2v) is 3.74. The zero-order chi connectivity index (χ0) is 12.4. The molecule has 0 atom stereocenters. The molecule has 0 aliphatic carbocycles. The Morgan fingerprint density at radius 3 is 2.71 bits per heavy atom. The van der Waals surface area contributed by atoms with Gasteiger partial charge in [-0.05, 0) is 12.1 Å². The molecule has 0 bridgehead atoms. The number of hydrogen-bond donors (Lipinski definition) is 2. The van der Waals surface area contributed by atoms with Gasteiger partial charge < -0.3 is 11.5 Å². The van der Waals surface area contributed by atoms with Gasteiger partial charge in [0.05, 0.1) is 11.8 Å². The normalized spacial score (nSPS) is 10.1. The molecule has 2 heterocycles. The van der Waals surface area contributed by atoms with Gasteiger partial charge in [-0.3, -0.25) is 4.79 Å². The molecule has 1 amide bonds. The van der Waals surface area contributed by atoms with Gasteiger partial charge in [0, 0.05) is 18.0 Å². The quantitative estimate of drug-likeness (QED) is 0.744. The number of aromatic nitrogens is 3. The number of nitrogens with two attached hydrogens (primary N) is 2. The molecule has 2 rings (SSSR count). The fourth-order valence-corrected chi connectivity index (χ4v) is 1.40. The minimum absolute atomic E-state index is 0.274. The number of thiocarbonyl (C=S) groups is 1. The summed E-state index contributed by atoms with van der Waals surface area (Å²) >= 11 is 4.86. The van der Waals surface area contributed by atoms with Crippen LogP contribution in [0.4, 0.5) is 0 Å². The number of carbonyl (C=O) groups is 1. The van der Waals surface area contributed by atoms with E-state index in [-0.39, 0.29) is 4.99 Å². The van der Waals surface area contributed by atoms with E-state index in [1.807, 2.05) is 0 Å². The predicted octanol–water partition coefficient (Wildman–Crippen LogP) is 0.000400. The van der Waals surface area contributed by atoms with Crippen LogP contribution in [0.15, 0.2) is 30.7 Å². The van der Waals surface area contributed by atoms with Crippen molar-refractivity contribution in [1.82, 2.24) is 14.8 Å². The molecule has 0 spiro atoms. The molecule has 0 saturated heterocycles. The number of hydrogen-bond acceptors (Lipinski definition) is 4. The van der Waals surface area contributed by atoms with E-state index in [1.165, 1.54) is 17.1 Å². The van der Waals surface area contributed by atoms with Crippen molar-refractivity contribution in [2.24, 2.45) is 11.5 Å². The third kappa shape index (κ3) is 2.28. The lowest BCUT2D eigenvalue weighted by Gasteiger charge is -2.02. The lowest BCUT2D eigenvalue weighted by Crippen LogP contribution is -2.11. The maximum atomic E-state index is 10.9. The van der Waals surface area contributed by atoms with Gasteiger partial charge in [-0.1, -0.05) is 12.2 Å². The first-order valence-electron chi connectivity index (χ1n) is 4.68. The van der Waals surface area contributed by atoms with Gasteiger partial charge in [0.2, 0.25) is 0 Å². The van der Waals surface area contributed by atoms with Crippen LogP contribution in [0.1, 0.15) is 15.9 Å². The van der Waals surface area contributed by atoms with E-state index in [0.717, 1.165) is 0 Å². The third-order valence-electron chi connectivity index (χ3n) is 2.13. The molecular weight excluding hydrogens is 238 g/mol. The number of carbonyl (C=O) groups excluding carboxylic acids is 1. The van der Waals surface area contributed by atoms with E-state index in [0.29, 0.717) is 16.9 Å². The van der Waals surface area contributed by atoms with Crippen LogP contribution in [0.3, 0.4) is 0 Å². The molecule has 0 saturated carbocycles. The molecule has 86 valence electrons. The van der Waals surface area contributed by atoms with Crippen LogP contribution in [0.2, 0.25) is 0 Å². The van der Waals surface area contributed by atoms with Crippen LogP contribution in [-0.2, 0) is 0 Å². The first-order valence-corrected chi connectivity index (χ1v) is 5.09. The van der Waals surface area contributed by atoms with Crippen molar-refractivity contribution in [3.8, 4) is 5.82 Å². The van der Waals surface area contributed by atoms with Crippen LogP contribution < -0.4 is 11.5 Å². The van der Waals surface area contributed by atoms with E-state index in [1.54, 1.807) is 18.3 Å². The van der Waals surface area contributed by atoms with Crippen molar-refractivity contribution >= 4 is 23.1 Å². The highest BCUT2D eigenvalue weighted by Crippen LogP contribution is 2.07. The standard InChI is InChI=1S/C10H9N5OS/c11-9(16)7-4-14-15(5-7)8-3-6(10(12)17)1-2-13-8/h1-5H,(H2,11,16)(H2,12,17). The molecule has 0 fully saturated rings. The van der Waals surface area contributed by atoms with Gasteiger partial charge in [-0.2, -0.15) is 5.10 Å². The van der Waals surface area contributed by atoms with Crippen LogP contribution in [0.5, 0.6) is 0 Å². The summed E-state index contributed by atoms with van der Waals surface area (Å²) in [4.78, 5) is 15.3. The minimum Gasteiger partial charge on any atom is -0.389 e. The molecule has 2 aromatic heterocycles. The Bertz CT molecular complexity index is 592. The molecule has 0 aliphatic heterocycles. The van der Waals surface area contributed by atoms with Gasteiger partial charge in [0.25, 0.3) is 5.91 Å². The second-order valence-electron chi connectivity index (χ2n) is 3.30. The second kappa shape index (κ2) is 4.30. The summed E-state index contributed by atoms with van der Waals surface area (Å²) in [5.74, 6) is -0.0236. The topological polar surface area (TPSA) is 99.8 Å². The van der Waals surface area contributed by atoms with Crippen LogP contribution >= 0.6 is 12.2 Å². The zero-order valence-electron chi connectivity index (χ0n) is 8.70. The Kier molecular flexibility index (Phi) is 2.84. The monoisotopic (exact) mass is 247 g/mol. The molecule has 6 nitrogen and oxygen atoms in total. The minimum atomic E-state index is -0.540. The van der Waals surface area contributed by atoms with E-state index in [4.69, 9.17) is 23.7 Å². The van der Waals surface area contributed by atoms with E-state index in [9.17, 15) is 4.79 Å². The van der Waals surface area contributed by atoms with Crippen LogP contribution in [0.25, 0.3) is 5.82 Å². The molecule has 0 unspecified atom stereocenters. The summed E-state index contributed by atoms with van der Waals surface area (Å²) in [5, 5.41) is 3.98. The van der Waals surface area contributed by atoms with Gasteiger partial charge in [-0.15, -0.1) is 0 Å². The summed E-state index contributed by atoms with van der Waals surface area (Å²) in [7, 11) is 0. The number of primary amides is 1. The van der Waals surface area contributed by atoms with Crippen molar-refractivity contribution in [2.45, 2.75) is 0 Å². The molecular formula is C10H9N5OS. The number of pyridine rings is 1. The number of nitrogens with zero attached hydrogens (tertiary/aromatic N) is 3. The van der Waals surface area contributed by atoms with Crippen molar-refractivity contribution in [2.75, 3.05) is 0 Å². The Morgan fingerprint density at radius 2 is 2.12 bits per heavy atom. The van der Waals surface area contributed by atoms with E-state index >= 15 is 0 Å². The summed E-state index contributed by atoms with van der Waals surface area (Å²) in [6, 6.07) is 3.38. The largest absolute Gasteiger partial charge is 0.389 e. The van der Waals surface area contributed by atoms with Crippen LogP contribution in [0, 0.1) is 0 Å². The first-order chi connectivity index (χ1) is 8.08. The molecule has 0 radical (unpaired) electrons. The van der Waals surface area contributed by atoms with Gasteiger partial charge in [0.1, 0.15) is 4.99 Å². The van der Waals surface area contributed by atoms with Crippen molar-refractivity contribution in [1.29, 1.82) is 0 Å². The number of amides is 1. The van der Waals surface area contributed by atoms with Gasteiger partial charge in [-0.25, -0.2) is 9.67 Å². The highest BCUT2D eigenvalue weighted by atomic mass is 32.1. The smallest absolute Gasteiger partial charge is 0.251 e. The number of rotatable bonds is 3. The summed E-state index contributed by atoms with van der Waals surface area (Å²) < 4.78 is 1.43. The Hall–Kier alpha value is -2.28. The van der Waals surface area contributed by atoms with Crippen molar-refractivity contribution in [3.63, 3.8) is 0 Å². The highest BCUT2D eigenvalue weighted by molar-refractivity contribution is 7.80. The van der Waals surface area contributed by atoms with Gasteiger partial charge in [0.15, 0.2) is 5.82 Å². The fourth-order valence-electron chi connectivity index (χ4n) is 1.27. The Morgan fingerprint density at radius 1 is 1.35 bits per heavy atom. The average Bonchev–Trinajstić information content (AvgIpc) is 2.78. The lowest BCUT2D eigenvalue weighted by atomic mass is 10.2. The fraction of sp³-hybridized carbons (Fsp3) is 0. The first kappa shape index (κ1) is 11.2. The average molecular weight is 247 g/mol.